The van der Waals surface area contributed by atoms with Crippen molar-refractivity contribution in [1.29, 1.82) is 0 Å². The molecule has 2 aromatic rings. The van der Waals surface area contributed by atoms with Crippen LogP contribution < -0.4 is 10.7 Å². The summed E-state index contributed by atoms with van der Waals surface area (Å²) in [5, 5.41) is 12.0. The van der Waals surface area contributed by atoms with E-state index >= 15 is 0 Å². The van der Waals surface area contributed by atoms with Crippen molar-refractivity contribution >= 4 is 11.9 Å². The minimum Gasteiger partial charge on any atom is -0.317 e. The van der Waals surface area contributed by atoms with Gasteiger partial charge in [0.1, 0.15) is 11.9 Å². The molecule has 102 valence electrons. The van der Waals surface area contributed by atoms with Gasteiger partial charge in [0.25, 0.3) is 0 Å². The van der Waals surface area contributed by atoms with Crippen LogP contribution >= 0.6 is 0 Å². The topological polar surface area (TPSA) is 71.7 Å². The van der Waals surface area contributed by atoms with E-state index in [0.717, 1.165) is 48.4 Å². The molecule has 6 nitrogen and oxygen atoms in total. The van der Waals surface area contributed by atoms with Crippen molar-refractivity contribution in [2.45, 2.75) is 18.9 Å². The van der Waals surface area contributed by atoms with Gasteiger partial charge in [0, 0.05) is 29.6 Å². The Balaban J connectivity index is 1.61. The molecule has 20 heavy (non-hydrogen) atoms. The van der Waals surface area contributed by atoms with Crippen LogP contribution in [-0.4, -0.2) is 34.1 Å². The molecule has 2 aliphatic rings. The first kappa shape index (κ1) is 11.7. The molecule has 2 aliphatic heterocycles. The summed E-state index contributed by atoms with van der Waals surface area (Å²) in [4.78, 5) is 4.43. The maximum atomic E-state index is 4.53. The highest BCUT2D eigenvalue weighted by atomic mass is 15.3. The summed E-state index contributed by atoms with van der Waals surface area (Å²) in [6.45, 7) is 2.15. The fraction of sp³-hybridized carbons (Fsp3) is 0.357. The van der Waals surface area contributed by atoms with Crippen molar-refractivity contribution in [2.75, 3.05) is 13.1 Å². The van der Waals surface area contributed by atoms with Gasteiger partial charge in [-0.3, -0.25) is 4.68 Å². The third-order valence-electron chi connectivity index (χ3n) is 3.98. The Bertz CT molecular complexity index is 653. The van der Waals surface area contributed by atoms with Crippen LogP contribution in [0.15, 0.2) is 29.8 Å². The zero-order chi connectivity index (χ0) is 13.4. The molecule has 0 aromatic carbocycles. The van der Waals surface area contributed by atoms with E-state index in [1.165, 1.54) is 0 Å². The number of nitrogens with two attached hydrogens (primary N) is 1. The molecule has 0 spiro atoms. The fourth-order valence-electron chi connectivity index (χ4n) is 2.81. The summed E-state index contributed by atoms with van der Waals surface area (Å²) >= 11 is 0. The lowest BCUT2D eigenvalue weighted by atomic mass is 10.1. The summed E-state index contributed by atoms with van der Waals surface area (Å²) in [7, 11) is 0. The zero-order valence-electron chi connectivity index (χ0n) is 11.2. The monoisotopic (exact) mass is 269 g/mol. The second kappa shape index (κ2) is 4.81. The molecular weight excluding hydrogens is 252 g/mol. The van der Waals surface area contributed by atoms with Crippen molar-refractivity contribution in [1.82, 2.24) is 20.1 Å². The number of hydrogen-bond acceptors (Lipinski definition) is 4. The molecule has 3 N–H and O–H groups in total. The van der Waals surface area contributed by atoms with Crippen LogP contribution in [0.25, 0.3) is 11.1 Å². The third kappa shape index (κ3) is 2.03. The van der Waals surface area contributed by atoms with Crippen LogP contribution in [-0.2, 0) is 0 Å². The molecule has 0 saturated carbocycles. The fourth-order valence-corrected chi connectivity index (χ4v) is 2.81. The van der Waals surface area contributed by atoms with Crippen LogP contribution in [0.3, 0.4) is 0 Å². The first-order valence-corrected chi connectivity index (χ1v) is 7.02. The predicted molar refractivity (Wildman–Crippen MR) is 75.8 cm³/mol. The quantitative estimate of drug-likeness (QED) is 0.776. The first-order valence-electron chi connectivity index (χ1n) is 7.02. The minimum atomic E-state index is 0.516. The third-order valence-corrected chi connectivity index (χ3v) is 3.98. The Morgan fingerprint density at radius 1 is 1.20 bits per heavy atom. The summed E-state index contributed by atoms with van der Waals surface area (Å²) in [5.41, 5.74) is 6.10. The van der Waals surface area contributed by atoms with Crippen molar-refractivity contribution in [3.8, 4) is 11.1 Å². The van der Waals surface area contributed by atoms with Crippen LogP contribution in [0.4, 0.5) is 5.69 Å². The normalized spacial score (nSPS) is 18.4. The zero-order valence-corrected chi connectivity index (χ0v) is 11.2. The highest BCUT2D eigenvalue weighted by molar-refractivity contribution is 5.85. The largest absolute Gasteiger partial charge is 0.317 e. The van der Waals surface area contributed by atoms with Crippen molar-refractivity contribution in [3.05, 3.63) is 30.4 Å². The number of nitrogens with zero attached hydrogens (tertiary/aromatic N) is 4. The lowest BCUT2D eigenvalue weighted by Crippen LogP contribution is -2.69. The average molecular weight is 269 g/mol. The number of pyridine rings is 1. The number of hydrogen-bond donors (Lipinski definition) is 2. The number of quaternary nitrogens is 1. The van der Waals surface area contributed by atoms with E-state index < -0.39 is 0 Å². The van der Waals surface area contributed by atoms with E-state index in [-0.39, 0.29) is 0 Å². The van der Waals surface area contributed by atoms with Crippen molar-refractivity contribution in [3.63, 3.8) is 0 Å². The van der Waals surface area contributed by atoms with E-state index in [9.17, 15) is 0 Å². The summed E-state index contributed by atoms with van der Waals surface area (Å²) in [6.07, 6.45) is 10.0. The predicted octanol–water partition coefficient (Wildman–Crippen LogP) is 0.412. The van der Waals surface area contributed by atoms with Crippen molar-refractivity contribution in [2.24, 2.45) is 5.10 Å². The van der Waals surface area contributed by atoms with Gasteiger partial charge in [-0.15, -0.1) is 0 Å². The standard InChI is InChI=1S/C14H16N6/c1-3-15-4-2-12(1)20-9-11(7-18-20)10-5-13-14(16-6-10)8-17-19-13/h5-9,12,15H,1-4H2,(H,17,19)/p+1. The maximum Gasteiger partial charge on any atom is 0.184 e. The number of nitrogens with one attached hydrogen (secondary N) is 1. The van der Waals surface area contributed by atoms with Gasteiger partial charge in [0.2, 0.25) is 0 Å². The Morgan fingerprint density at radius 3 is 3.00 bits per heavy atom. The highest BCUT2D eigenvalue weighted by Crippen LogP contribution is 2.25. The van der Waals surface area contributed by atoms with E-state index in [2.05, 4.69) is 37.4 Å². The minimum absolute atomic E-state index is 0.516. The first-order chi connectivity index (χ1) is 9.90. The van der Waals surface area contributed by atoms with Gasteiger partial charge in [-0.2, -0.15) is 10.5 Å². The Hall–Kier alpha value is -2.05. The molecule has 1 saturated heterocycles. The van der Waals surface area contributed by atoms with Crippen LogP contribution in [0, 0.1) is 0 Å². The molecule has 2 aromatic heterocycles. The van der Waals surface area contributed by atoms with Gasteiger partial charge in [-0.25, -0.2) is 4.98 Å². The molecule has 0 unspecified atom stereocenters. The van der Waals surface area contributed by atoms with E-state index in [1.54, 1.807) is 6.21 Å². The van der Waals surface area contributed by atoms with E-state index in [0.29, 0.717) is 6.04 Å². The Labute approximate surface area is 116 Å². The molecule has 1 fully saturated rings. The van der Waals surface area contributed by atoms with Gasteiger partial charge in [0.05, 0.1) is 12.2 Å². The number of rotatable bonds is 2. The molecule has 4 heterocycles. The molecule has 6 heteroatoms. The molecular formula is C14H17N6+. The average Bonchev–Trinajstić information content (AvgIpc) is 3.16. The van der Waals surface area contributed by atoms with Gasteiger partial charge in [0.15, 0.2) is 5.69 Å². The molecule has 0 radical (unpaired) electrons. The number of fused-ring (bicyclic) bond motifs is 1. The maximum absolute atomic E-state index is 4.53. The number of aromatic nitrogens is 3. The number of piperidine rings is 1. The van der Waals surface area contributed by atoms with Gasteiger partial charge in [-0.05, 0) is 25.9 Å². The molecule has 0 amide bonds. The smallest absolute Gasteiger partial charge is 0.184 e. The van der Waals surface area contributed by atoms with Gasteiger partial charge < -0.3 is 5.32 Å². The van der Waals surface area contributed by atoms with E-state index in [4.69, 9.17) is 0 Å². The summed E-state index contributed by atoms with van der Waals surface area (Å²) in [5.74, 6) is 0. The second-order valence-electron chi connectivity index (χ2n) is 5.30. The van der Waals surface area contributed by atoms with Crippen LogP contribution in [0.2, 0.25) is 0 Å². The van der Waals surface area contributed by atoms with Gasteiger partial charge in [-0.1, -0.05) is 5.10 Å². The van der Waals surface area contributed by atoms with Crippen LogP contribution in [0.1, 0.15) is 24.6 Å². The van der Waals surface area contributed by atoms with E-state index in [1.807, 2.05) is 17.8 Å². The Morgan fingerprint density at radius 2 is 2.10 bits per heavy atom. The highest BCUT2D eigenvalue weighted by Gasteiger charge is 2.18. The molecule has 0 bridgehead atoms. The lowest BCUT2D eigenvalue weighted by Gasteiger charge is -2.22. The lowest BCUT2D eigenvalue weighted by molar-refractivity contribution is -0.573. The molecule has 4 rings (SSSR count). The Kier molecular flexibility index (Phi) is 2.82. The van der Waals surface area contributed by atoms with Crippen molar-refractivity contribution < 1.29 is 5.43 Å². The van der Waals surface area contributed by atoms with Gasteiger partial charge >= 0.3 is 0 Å². The SMILES string of the molecule is C1=N[NH2+]c2cc(-c3cnn(C4CCNCC4)c3)cnc21. The van der Waals surface area contributed by atoms with Crippen LogP contribution in [0.5, 0.6) is 0 Å². The molecule has 0 aliphatic carbocycles. The summed E-state index contributed by atoms with van der Waals surface area (Å²) < 4.78 is 2.10. The molecule has 0 atom stereocenters. The summed E-state index contributed by atoms with van der Waals surface area (Å²) in [6, 6.07) is 2.64. The second-order valence-corrected chi connectivity index (χ2v) is 5.30.